The molecule has 0 aliphatic carbocycles. The van der Waals surface area contributed by atoms with Crippen molar-refractivity contribution >= 4 is 24.6 Å². The minimum Gasteiger partial charge on any atom is -0.444 e. The largest absolute Gasteiger partial charge is 0.494 e. The average molecular weight is 462 g/mol. The number of likely N-dealkylation sites (tertiary alicyclic amines) is 1. The highest BCUT2D eigenvalue weighted by Crippen LogP contribution is 2.36. The van der Waals surface area contributed by atoms with E-state index < -0.39 is 41.9 Å². The number of hydrogen-bond donors (Lipinski definition) is 1. The van der Waals surface area contributed by atoms with Crippen molar-refractivity contribution in [2.45, 2.75) is 90.6 Å². The van der Waals surface area contributed by atoms with Gasteiger partial charge in [0, 0.05) is 19.5 Å². The van der Waals surface area contributed by atoms with Crippen LogP contribution in [0.3, 0.4) is 0 Å². The molecule has 0 spiro atoms. The molecule has 1 N–H and O–H groups in total. The summed E-state index contributed by atoms with van der Waals surface area (Å²) < 4.78 is 32.5. The predicted octanol–water partition coefficient (Wildman–Crippen LogP) is 3.18. The van der Waals surface area contributed by atoms with Gasteiger partial charge in [-0.1, -0.05) is 12.1 Å². The van der Waals surface area contributed by atoms with Crippen LogP contribution in [0.25, 0.3) is 0 Å². The summed E-state index contributed by atoms with van der Waals surface area (Å²) in [6, 6.07) is 3.82. The first-order chi connectivity index (χ1) is 15.2. The molecule has 0 saturated carbocycles. The van der Waals surface area contributed by atoms with Gasteiger partial charge in [0.15, 0.2) is 0 Å². The molecule has 2 fully saturated rings. The predicted molar refractivity (Wildman–Crippen MR) is 125 cm³/mol. The van der Waals surface area contributed by atoms with Gasteiger partial charge < -0.3 is 24.3 Å². The third kappa shape index (κ3) is 6.06. The van der Waals surface area contributed by atoms with E-state index >= 15 is 4.39 Å². The van der Waals surface area contributed by atoms with E-state index in [9.17, 15) is 9.59 Å². The summed E-state index contributed by atoms with van der Waals surface area (Å²) in [4.78, 5) is 27.2. The van der Waals surface area contributed by atoms with Crippen LogP contribution in [0.15, 0.2) is 18.2 Å². The van der Waals surface area contributed by atoms with E-state index in [1.54, 1.807) is 37.8 Å². The van der Waals surface area contributed by atoms with E-state index in [1.807, 2.05) is 27.7 Å². The topological polar surface area (TPSA) is 77.1 Å². The fraction of sp³-hybridized carbons (Fsp3) is 0.667. The summed E-state index contributed by atoms with van der Waals surface area (Å²) in [6.45, 7) is 14.3. The van der Waals surface area contributed by atoms with Crippen molar-refractivity contribution in [3.63, 3.8) is 0 Å². The number of carbonyl (C=O) groups is 2. The highest BCUT2D eigenvalue weighted by Gasteiger charge is 2.51. The monoisotopic (exact) mass is 462 g/mol. The number of nitrogens with zero attached hydrogens (tertiary/aromatic N) is 1. The lowest BCUT2D eigenvalue weighted by Crippen LogP contribution is -2.50. The van der Waals surface area contributed by atoms with E-state index in [1.165, 1.54) is 6.07 Å². The first-order valence-electron chi connectivity index (χ1n) is 11.6. The Morgan fingerprint density at radius 3 is 2.24 bits per heavy atom. The van der Waals surface area contributed by atoms with Crippen molar-refractivity contribution in [2.24, 2.45) is 0 Å². The molecule has 182 valence electrons. The van der Waals surface area contributed by atoms with Crippen LogP contribution >= 0.6 is 0 Å². The number of halogens is 1. The Morgan fingerprint density at radius 2 is 1.73 bits per heavy atom. The smallest absolute Gasteiger partial charge is 0.444 e. The zero-order chi connectivity index (χ0) is 24.6. The molecular formula is C24H36BFN2O5. The molecule has 0 radical (unpaired) electrons. The minimum atomic E-state index is -0.921. The van der Waals surface area contributed by atoms with Gasteiger partial charge in [0.05, 0.1) is 11.2 Å². The molecule has 33 heavy (non-hydrogen) atoms. The van der Waals surface area contributed by atoms with Gasteiger partial charge in [0.25, 0.3) is 0 Å². The first-order valence-corrected chi connectivity index (χ1v) is 11.6. The SMILES string of the molecule is CC(C)(C)OC(=O)N[C@@H](Cc1ccc(B2OC(C)(C)C(C)(C)O2)cc1F)C(=O)N1CCCC1. The Bertz CT molecular complexity index is 877. The molecule has 2 saturated heterocycles. The van der Waals surface area contributed by atoms with Crippen molar-refractivity contribution in [3.8, 4) is 0 Å². The Labute approximate surface area is 196 Å². The maximum absolute atomic E-state index is 15.1. The summed E-state index contributed by atoms with van der Waals surface area (Å²) in [5.41, 5.74) is -0.878. The highest BCUT2D eigenvalue weighted by atomic mass is 19.1. The molecule has 2 aliphatic heterocycles. The molecule has 0 aromatic heterocycles. The second-order valence-electron chi connectivity index (χ2n) is 10.9. The number of alkyl carbamates (subject to hydrolysis) is 1. The quantitative estimate of drug-likeness (QED) is 0.681. The van der Waals surface area contributed by atoms with Crippen molar-refractivity contribution in [2.75, 3.05) is 13.1 Å². The molecule has 2 amide bonds. The van der Waals surface area contributed by atoms with Crippen LogP contribution in [0.5, 0.6) is 0 Å². The number of hydrogen-bond acceptors (Lipinski definition) is 5. The Kier molecular flexibility index (Phi) is 7.15. The molecule has 9 heteroatoms. The minimum absolute atomic E-state index is 0.0179. The molecule has 2 aliphatic rings. The third-order valence-corrected chi connectivity index (χ3v) is 6.43. The van der Waals surface area contributed by atoms with Crippen molar-refractivity contribution in [1.29, 1.82) is 0 Å². The van der Waals surface area contributed by atoms with E-state index in [0.29, 0.717) is 24.1 Å². The Hall–Kier alpha value is -2.13. The number of ether oxygens (including phenoxy) is 1. The van der Waals surface area contributed by atoms with Crippen LogP contribution in [-0.2, 0) is 25.3 Å². The lowest BCUT2D eigenvalue weighted by molar-refractivity contribution is -0.132. The van der Waals surface area contributed by atoms with Crippen molar-refractivity contribution < 1.29 is 28.0 Å². The van der Waals surface area contributed by atoms with Crippen LogP contribution in [0.1, 0.15) is 66.9 Å². The number of amides is 2. The van der Waals surface area contributed by atoms with E-state index in [0.717, 1.165) is 12.8 Å². The van der Waals surface area contributed by atoms with Gasteiger partial charge in [-0.2, -0.15) is 0 Å². The molecule has 3 rings (SSSR count). The van der Waals surface area contributed by atoms with Gasteiger partial charge in [-0.25, -0.2) is 9.18 Å². The summed E-state index contributed by atoms with van der Waals surface area (Å²) in [7, 11) is -0.680. The second-order valence-corrected chi connectivity index (χ2v) is 10.9. The van der Waals surface area contributed by atoms with E-state index in [-0.39, 0.29) is 12.3 Å². The van der Waals surface area contributed by atoms with Gasteiger partial charge in [-0.05, 0) is 78.4 Å². The van der Waals surface area contributed by atoms with Crippen LogP contribution in [0, 0.1) is 5.82 Å². The Morgan fingerprint density at radius 1 is 1.15 bits per heavy atom. The standard InChI is InChI=1S/C24H36BFN2O5/c1-22(2,3)31-21(30)27-19(20(29)28-12-8-9-13-28)14-16-10-11-17(15-18(16)26)25-32-23(4,5)24(6,7)33-25/h10-11,15,19H,8-9,12-14H2,1-7H3,(H,27,30)/t19-/m0/s1. The number of nitrogens with one attached hydrogen (secondary N) is 1. The molecular weight excluding hydrogens is 426 g/mol. The van der Waals surface area contributed by atoms with Crippen LogP contribution < -0.4 is 10.8 Å². The van der Waals surface area contributed by atoms with E-state index in [4.69, 9.17) is 14.0 Å². The second kappa shape index (κ2) is 9.26. The molecule has 0 unspecified atom stereocenters. The van der Waals surface area contributed by atoms with Gasteiger partial charge >= 0.3 is 13.2 Å². The normalized spacial score (nSPS) is 20.6. The van der Waals surface area contributed by atoms with Gasteiger partial charge in [-0.3, -0.25) is 4.79 Å². The average Bonchev–Trinajstić information content (AvgIpc) is 3.27. The zero-order valence-corrected chi connectivity index (χ0v) is 20.8. The zero-order valence-electron chi connectivity index (χ0n) is 20.8. The van der Waals surface area contributed by atoms with Crippen LogP contribution in [-0.4, -0.2) is 60.0 Å². The Balaban J connectivity index is 1.77. The first kappa shape index (κ1) is 25.5. The maximum Gasteiger partial charge on any atom is 0.494 e. The fourth-order valence-corrected chi connectivity index (χ4v) is 3.88. The van der Waals surface area contributed by atoms with Gasteiger partial charge in [0.2, 0.25) is 5.91 Å². The summed E-state index contributed by atoms with van der Waals surface area (Å²) >= 11 is 0. The fourth-order valence-electron chi connectivity index (χ4n) is 3.88. The lowest BCUT2D eigenvalue weighted by atomic mass is 9.78. The molecule has 0 bridgehead atoms. The number of rotatable bonds is 5. The number of carbonyl (C=O) groups excluding carboxylic acids is 2. The van der Waals surface area contributed by atoms with Crippen molar-refractivity contribution in [1.82, 2.24) is 10.2 Å². The molecule has 1 aromatic carbocycles. The van der Waals surface area contributed by atoms with Crippen LogP contribution in [0.2, 0.25) is 0 Å². The summed E-state index contributed by atoms with van der Waals surface area (Å²) in [5, 5.41) is 2.65. The molecule has 1 atom stereocenters. The van der Waals surface area contributed by atoms with Gasteiger partial charge in [0.1, 0.15) is 17.5 Å². The van der Waals surface area contributed by atoms with E-state index in [2.05, 4.69) is 5.32 Å². The summed E-state index contributed by atoms with van der Waals surface area (Å²) in [6.07, 6.45) is 1.16. The van der Waals surface area contributed by atoms with Crippen molar-refractivity contribution in [3.05, 3.63) is 29.6 Å². The molecule has 7 nitrogen and oxygen atoms in total. The summed E-state index contributed by atoms with van der Waals surface area (Å²) in [5.74, 6) is -0.708. The van der Waals surface area contributed by atoms with Gasteiger partial charge in [-0.15, -0.1) is 0 Å². The number of benzene rings is 1. The van der Waals surface area contributed by atoms with Crippen LogP contribution in [0.4, 0.5) is 9.18 Å². The highest BCUT2D eigenvalue weighted by molar-refractivity contribution is 6.62. The molecule has 2 heterocycles. The lowest BCUT2D eigenvalue weighted by Gasteiger charge is -2.32. The third-order valence-electron chi connectivity index (χ3n) is 6.43. The maximum atomic E-state index is 15.1. The molecule has 1 aromatic rings.